The summed E-state index contributed by atoms with van der Waals surface area (Å²) in [6.45, 7) is 9.41. The summed E-state index contributed by atoms with van der Waals surface area (Å²) in [5.74, 6) is 0. The fraction of sp³-hybridized carbons (Fsp3) is 0.714. The van der Waals surface area contributed by atoms with E-state index in [0.29, 0.717) is 17.6 Å². The molecule has 0 bridgehead atoms. The van der Waals surface area contributed by atoms with Crippen molar-refractivity contribution >= 4 is 0 Å². The Labute approximate surface area is 147 Å². The standard InChI is InChI=1S/C21H34N2O/c1-21(2)11-8-17-6-4-5-7-19(17)20(16-21)22-12-15-23-13-9-18(24-3)10-14-23/h4-7,18,20,22H,8-16H2,1-3H3. The van der Waals surface area contributed by atoms with Gasteiger partial charge < -0.3 is 15.0 Å². The van der Waals surface area contributed by atoms with Crippen LogP contribution < -0.4 is 5.32 Å². The summed E-state index contributed by atoms with van der Waals surface area (Å²) >= 11 is 0. The highest BCUT2D eigenvalue weighted by molar-refractivity contribution is 5.31. The number of nitrogens with zero attached hydrogens (tertiary/aromatic N) is 1. The van der Waals surface area contributed by atoms with Gasteiger partial charge in [-0.05, 0) is 48.6 Å². The first kappa shape index (κ1) is 17.9. The molecule has 0 spiro atoms. The zero-order valence-electron chi connectivity index (χ0n) is 15.7. The van der Waals surface area contributed by atoms with E-state index in [4.69, 9.17) is 4.74 Å². The topological polar surface area (TPSA) is 24.5 Å². The molecule has 1 aromatic carbocycles. The molecule has 134 valence electrons. The Bertz CT molecular complexity index is 520. The van der Waals surface area contributed by atoms with Gasteiger partial charge in [-0.15, -0.1) is 0 Å². The molecule has 1 saturated heterocycles. The number of benzene rings is 1. The van der Waals surface area contributed by atoms with Gasteiger partial charge in [-0.2, -0.15) is 0 Å². The minimum absolute atomic E-state index is 0.410. The summed E-state index contributed by atoms with van der Waals surface area (Å²) in [7, 11) is 1.84. The predicted molar refractivity (Wildman–Crippen MR) is 100 cm³/mol. The first-order valence-electron chi connectivity index (χ1n) is 9.64. The van der Waals surface area contributed by atoms with Gasteiger partial charge in [-0.1, -0.05) is 38.1 Å². The Morgan fingerprint density at radius 2 is 1.96 bits per heavy atom. The predicted octanol–water partition coefficient (Wildman–Crippen LogP) is 3.79. The summed E-state index contributed by atoms with van der Waals surface area (Å²) in [6, 6.07) is 9.53. The van der Waals surface area contributed by atoms with Gasteiger partial charge >= 0.3 is 0 Å². The van der Waals surface area contributed by atoms with Crippen LogP contribution in [0, 0.1) is 5.41 Å². The number of aryl methyl sites for hydroxylation is 1. The van der Waals surface area contributed by atoms with Crippen LogP contribution in [0.25, 0.3) is 0 Å². The summed E-state index contributed by atoms with van der Waals surface area (Å²) in [6.07, 6.45) is 6.56. The van der Waals surface area contributed by atoms with Crippen LogP contribution in [0.2, 0.25) is 0 Å². The zero-order valence-corrected chi connectivity index (χ0v) is 15.7. The average Bonchev–Trinajstić information content (AvgIpc) is 2.72. The Morgan fingerprint density at radius 1 is 1.21 bits per heavy atom. The molecule has 3 nitrogen and oxygen atoms in total. The van der Waals surface area contributed by atoms with Crippen LogP contribution in [-0.2, 0) is 11.2 Å². The number of piperidine rings is 1. The van der Waals surface area contributed by atoms with E-state index >= 15 is 0 Å². The third kappa shape index (κ3) is 4.59. The quantitative estimate of drug-likeness (QED) is 0.831. The molecule has 0 radical (unpaired) electrons. The van der Waals surface area contributed by atoms with Crippen molar-refractivity contribution in [2.45, 2.75) is 58.1 Å². The molecule has 1 heterocycles. The number of nitrogens with one attached hydrogen (secondary N) is 1. The molecular formula is C21H34N2O. The molecule has 1 fully saturated rings. The highest BCUT2D eigenvalue weighted by atomic mass is 16.5. The highest BCUT2D eigenvalue weighted by Gasteiger charge is 2.29. The van der Waals surface area contributed by atoms with Gasteiger partial charge in [0.15, 0.2) is 0 Å². The number of methoxy groups -OCH3 is 1. The second-order valence-corrected chi connectivity index (χ2v) is 8.35. The number of hydrogen-bond acceptors (Lipinski definition) is 3. The summed E-state index contributed by atoms with van der Waals surface area (Å²) in [5, 5.41) is 3.87. The van der Waals surface area contributed by atoms with E-state index in [-0.39, 0.29) is 0 Å². The number of fused-ring (bicyclic) bond motifs is 1. The molecule has 0 aromatic heterocycles. The molecule has 0 saturated carbocycles. The number of likely N-dealkylation sites (tertiary alicyclic amines) is 1. The second kappa shape index (κ2) is 7.99. The Kier molecular flexibility index (Phi) is 5.96. The lowest BCUT2D eigenvalue weighted by Gasteiger charge is -2.32. The second-order valence-electron chi connectivity index (χ2n) is 8.35. The van der Waals surface area contributed by atoms with E-state index in [0.717, 1.165) is 13.1 Å². The zero-order chi connectivity index (χ0) is 17.0. The largest absolute Gasteiger partial charge is 0.381 e. The maximum absolute atomic E-state index is 5.47. The molecule has 24 heavy (non-hydrogen) atoms. The fourth-order valence-corrected chi connectivity index (χ4v) is 4.29. The monoisotopic (exact) mass is 330 g/mol. The molecule has 1 N–H and O–H groups in total. The number of rotatable bonds is 5. The SMILES string of the molecule is COC1CCN(CCNC2CC(C)(C)CCc3ccccc32)CC1. The van der Waals surface area contributed by atoms with Crippen molar-refractivity contribution in [1.29, 1.82) is 0 Å². The lowest BCUT2D eigenvalue weighted by Crippen LogP contribution is -2.41. The van der Waals surface area contributed by atoms with Crippen LogP contribution in [-0.4, -0.2) is 44.3 Å². The average molecular weight is 331 g/mol. The van der Waals surface area contributed by atoms with Crippen LogP contribution in [0.5, 0.6) is 0 Å². The third-order valence-electron chi connectivity index (χ3n) is 5.95. The van der Waals surface area contributed by atoms with Crippen molar-refractivity contribution in [1.82, 2.24) is 10.2 Å². The van der Waals surface area contributed by atoms with Crippen molar-refractivity contribution in [3.05, 3.63) is 35.4 Å². The molecule has 1 aliphatic carbocycles. The molecule has 3 heteroatoms. The Morgan fingerprint density at radius 3 is 2.71 bits per heavy atom. The van der Waals surface area contributed by atoms with Gasteiger partial charge in [0, 0.05) is 39.3 Å². The van der Waals surface area contributed by atoms with E-state index in [1.54, 1.807) is 5.56 Å². The van der Waals surface area contributed by atoms with E-state index in [2.05, 4.69) is 48.3 Å². The van der Waals surface area contributed by atoms with Crippen LogP contribution in [0.4, 0.5) is 0 Å². The van der Waals surface area contributed by atoms with Crippen LogP contribution in [0.1, 0.15) is 56.7 Å². The van der Waals surface area contributed by atoms with Crippen molar-refractivity contribution in [2.75, 3.05) is 33.3 Å². The summed E-state index contributed by atoms with van der Waals surface area (Å²) in [4.78, 5) is 2.58. The molecule has 1 atom stereocenters. The van der Waals surface area contributed by atoms with Crippen LogP contribution >= 0.6 is 0 Å². The third-order valence-corrected chi connectivity index (χ3v) is 5.95. The smallest absolute Gasteiger partial charge is 0.0595 e. The van der Waals surface area contributed by atoms with Crippen LogP contribution in [0.15, 0.2) is 24.3 Å². The number of hydrogen-bond donors (Lipinski definition) is 1. The normalized spacial score (nSPS) is 25.2. The summed E-state index contributed by atoms with van der Waals surface area (Å²) in [5.41, 5.74) is 3.48. The van der Waals surface area contributed by atoms with E-state index in [9.17, 15) is 0 Å². The van der Waals surface area contributed by atoms with Crippen molar-refractivity contribution in [2.24, 2.45) is 5.41 Å². The fourth-order valence-electron chi connectivity index (χ4n) is 4.29. The first-order valence-corrected chi connectivity index (χ1v) is 9.64. The lowest BCUT2D eigenvalue weighted by atomic mass is 9.83. The molecule has 2 aliphatic rings. The van der Waals surface area contributed by atoms with Crippen LogP contribution in [0.3, 0.4) is 0 Å². The molecule has 1 unspecified atom stereocenters. The molecule has 1 aromatic rings. The minimum Gasteiger partial charge on any atom is -0.381 e. The Hall–Kier alpha value is -0.900. The van der Waals surface area contributed by atoms with E-state index in [1.165, 1.54) is 50.8 Å². The van der Waals surface area contributed by atoms with E-state index in [1.807, 2.05) is 7.11 Å². The van der Waals surface area contributed by atoms with Crippen molar-refractivity contribution in [3.8, 4) is 0 Å². The maximum atomic E-state index is 5.47. The first-order chi connectivity index (χ1) is 11.6. The summed E-state index contributed by atoms with van der Waals surface area (Å²) < 4.78 is 5.47. The van der Waals surface area contributed by atoms with Gasteiger partial charge in [0.05, 0.1) is 6.10 Å². The molecule has 0 amide bonds. The lowest BCUT2D eigenvalue weighted by molar-refractivity contribution is 0.0411. The molecule has 1 aliphatic heterocycles. The maximum Gasteiger partial charge on any atom is 0.0595 e. The van der Waals surface area contributed by atoms with Gasteiger partial charge in [0.25, 0.3) is 0 Å². The molecular weight excluding hydrogens is 296 g/mol. The van der Waals surface area contributed by atoms with Crippen molar-refractivity contribution < 1.29 is 4.74 Å². The van der Waals surface area contributed by atoms with Crippen molar-refractivity contribution in [3.63, 3.8) is 0 Å². The van der Waals surface area contributed by atoms with Gasteiger partial charge in [-0.3, -0.25) is 0 Å². The Balaban J connectivity index is 1.55. The minimum atomic E-state index is 0.410. The highest BCUT2D eigenvalue weighted by Crippen LogP contribution is 2.39. The van der Waals surface area contributed by atoms with Gasteiger partial charge in [-0.25, -0.2) is 0 Å². The van der Waals surface area contributed by atoms with E-state index < -0.39 is 0 Å². The molecule has 3 rings (SSSR count). The number of ether oxygens (including phenoxy) is 1. The van der Waals surface area contributed by atoms with Gasteiger partial charge in [0.1, 0.15) is 0 Å². The van der Waals surface area contributed by atoms with Gasteiger partial charge in [0.2, 0.25) is 0 Å².